The maximum Gasteiger partial charge on any atom is 0.224 e. The fourth-order valence-corrected chi connectivity index (χ4v) is 3.41. The molecule has 0 aliphatic carbocycles. The van der Waals surface area contributed by atoms with Crippen molar-refractivity contribution in [2.75, 3.05) is 19.6 Å². The van der Waals surface area contributed by atoms with Crippen LogP contribution in [0.25, 0.3) is 0 Å². The molecule has 1 atom stereocenters. The highest BCUT2D eigenvalue weighted by Gasteiger charge is 2.29. The Morgan fingerprint density at radius 2 is 1.92 bits per heavy atom. The predicted octanol–water partition coefficient (Wildman–Crippen LogP) is 2.46. The molecule has 0 radical (unpaired) electrons. The SMILES string of the molecule is CC(=O)NCCC(=O)N1CCC(C(N)c2cc(Cl)c(Cl)cc2O)CC1. The average molecular weight is 388 g/mol. The highest BCUT2D eigenvalue weighted by molar-refractivity contribution is 6.42. The lowest BCUT2D eigenvalue weighted by molar-refractivity contribution is -0.132. The van der Waals surface area contributed by atoms with Crippen molar-refractivity contribution in [1.82, 2.24) is 10.2 Å². The number of rotatable bonds is 5. The van der Waals surface area contributed by atoms with E-state index in [-0.39, 0.29) is 34.5 Å². The molecule has 2 amide bonds. The summed E-state index contributed by atoms with van der Waals surface area (Å²) in [4.78, 5) is 24.8. The van der Waals surface area contributed by atoms with E-state index in [4.69, 9.17) is 28.9 Å². The van der Waals surface area contributed by atoms with E-state index in [9.17, 15) is 14.7 Å². The molecule has 1 heterocycles. The molecule has 138 valence electrons. The molecule has 1 unspecified atom stereocenters. The zero-order valence-corrected chi connectivity index (χ0v) is 15.6. The number of benzene rings is 1. The van der Waals surface area contributed by atoms with Gasteiger partial charge in [-0.2, -0.15) is 0 Å². The maximum absolute atomic E-state index is 12.1. The Hall–Kier alpha value is -1.50. The van der Waals surface area contributed by atoms with E-state index in [0.717, 1.165) is 12.8 Å². The minimum Gasteiger partial charge on any atom is -0.508 e. The van der Waals surface area contributed by atoms with E-state index in [1.807, 2.05) is 0 Å². The molecule has 0 saturated carbocycles. The lowest BCUT2D eigenvalue weighted by Crippen LogP contribution is -2.42. The molecule has 25 heavy (non-hydrogen) atoms. The molecular weight excluding hydrogens is 365 g/mol. The van der Waals surface area contributed by atoms with Crippen LogP contribution in [0.3, 0.4) is 0 Å². The van der Waals surface area contributed by atoms with Gasteiger partial charge in [0.1, 0.15) is 5.75 Å². The lowest BCUT2D eigenvalue weighted by Gasteiger charge is -2.35. The van der Waals surface area contributed by atoms with Gasteiger partial charge in [-0.15, -0.1) is 0 Å². The van der Waals surface area contributed by atoms with Gasteiger partial charge in [0, 0.05) is 50.7 Å². The summed E-state index contributed by atoms with van der Waals surface area (Å²) in [5.74, 6) is 0.0651. The second-order valence-electron chi connectivity index (χ2n) is 6.30. The first-order valence-electron chi connectivity index (χ1n) is 8.25. The highest BCUT2D eigenvalue weighted by Crippen LogP contribution is 2.37. The van der Waals surface area contributed by atoms with Crippen LogP contribution in [0.2, 0.25) is 10.0 Å². The number of nitrogens with two attached hydrogens (primary N) is 1. The van der Waals surface area contributed by atoms with Gasteiger partial charge in [-0.1, -0.05) is 23.2 Å². The Labute approximate surface area is 157 Å². The van der Waals surface area contributed by atoms with Gasteiger partial charge in [-0.3, -0.25) is 9.59 Å². The molecule has 1 aromatic rings. The van der Waals surface area contributed by atoms with Crippen LogP contribution >= 0.6 is 23.2 Å². The van der Waals surface area contributed by atoms with Crippen LogP contribution in [0.4, 0.5) is 0 Å². The standard InChI is InChI=1S/C17H23Cl2N3O3/c1-10(23)21-5-2-16(25)22-6-3-11(4-7-22)17(20)12-8-13(18)14(19)9-15(12)24/h8-9,11,17,24H,2-7,20H2,1H3,(H,21,23). The van der Waals surface area contributed by atoms with Crippen molar-refractivity contribution in [3.05, 3.63) is 27.7 Å². The Kier molecular flexibility index (Phi) is 6.93. The Morgan fingerprint density at radius 3 is 2.52 bits per heavy atom. The summed E-state index contributed by atoms with van der Waals surface area (Å²) in [6, 6.07) is 2.64. The number of phenols is 1. The van der Waals surface area contributed by atoms with Gasteiger partial charge in [0.15, 0.2) is 0 Å². The summed E-state index contributed by atoms with van der Waals surface area (Å²) >= 11 is 11.9. The van der Waals surface area contributed by atoms with Crippen LogP contribution in [-0.2, 0) is 9.59 Å². The number of aromatic hydroxyl groups is 1. The minimum absolute atomic E-state index is 0.0261. The van der Waals surface area contributed by atoms with E-state index >= 15 is 0 Å². The topological polar surface area (TPSA) is 95.7 Å². The van der Waals surface area contributed by atoms with Crippen molar-refractivity contribution in [2.24, 2.45) is 11.7 Å². The van der Waals surface area contributed by atoms with E-state index in [0.29, 0.717) is 36.6 Å². The number of piperidine rings is 1. The van der Waals surface area contributed by atoms with E-state index in [1.165, 1.54) is 13.0 Å². The van der Waals surface area contributed by atoms with Crippen molar-refractivity contribution < 1.29 is 14.7 Å². The molecular formula is C17H23Cl2N3O3. The van der Waals surface area contributed by atoms with Gasteiger partial charge in [0.05, 0.1) is 10.0 Å². The van der Waals surface area contributed by atoms with Gasteiger partial charge < -0.3 is 21.1 Å². The van der Waals surface area contributed by atoms with Gasteiger partial charge in [-0.25, -0.2) is 0 Å². The number of phenolic OH excluding ortho intramolecular Hbond substituents is 1. The van der Waals surface area contributed by atoms with Crippen LogP contribution in [-0.4, -0.2) is 41.5 Å². The Morgan fingerprint density at radius 1 is 1.32 bits per heavy atom. The van der Waals surface area contributed by atoms with Crippen molar-refractivity contribution in [1.29, 1.82) is 0 Å². The molecule has 4 N–H and O–H groups in total. The fourth-order valence-electron chi connectivity index (χ4n) is 3.08. The normalized spacial score (nSPS) is 16.6. The van der Waals surface area contributed by atoms with Gasteiger partial charge in [0.25, 0.3) is 0 Å². The summed E-state index contributed by atoms with van der Waals surface area (Å²) in [6.07, 6.45) is 1.78. The van der Waals surface area contributed by atoms with E-state index in [1.54, 1.807) is 11.0 Å². The number of nitrogens with zero attached hydrogens (tertiary/aromatic N) is 1. The maximum atomic E-state index is 12.1. The summed E-state index contributed by atoms with van der Waals surface area (Å²) < 4.78 is 0. The van der Waals surface area contributed by atoms with Gasteiger partial charge in [0.2, 0.25) is 11.8 Å². The summed E-state index contributed by atoms with van der Waals surface area (Å²) in [6.45, 7) is 3.00. The fraction of sp³-hybridized carbons (Fsp3) is 0.529. The second-order valence-corrected chi connectivity index (χ2v) is 7.12. The third-order valence-corrected chi connectivity index (χ3v) is 5.26. The first-order chi connectivity index (χ1) is 11.8. The van der Waals surface area contributed by atoms with Crippen LogP contribution < -0.4 is 11.1 Å². The summed E-state index contributed by atoms with van der Waals surface area (Å²) in [5, 5.41) is 13.3. The zero-order chi connectivity index (χ0) is 18.6. The molecule has 0 spiro atoms. The molecule has 0 bridgehead atoms. The van der Waals surface area contributed by atoms with Crippen LogP contribution in [0.1, 0.15) is 37.8 Å². The number of carbonyl (C=O) groups excluding carboxylic acids is 2. The number of hydrogen-bond donors (Lipinski definition) is 3. The molecule has 0 aromatic heterocycles. The molecule has 1 aliphatic rings. The van der Waals surface area contributed by atoms with Crippen LogP contribution in [0.15, 0.2) is 12.1 Å². The smallest absolute Gasteiger partial charge is 0.224 e. The molecule has 8 heteroatoms. The third-order valence-electron chi connectivity index (χ3n) is 4.54. The number of likely N-dealkylation sites (tertiary alicyclic amines) is 1. The summed E-state index contributed by atoms with van der Waals surface area (Å²) in [5.41, 5.74) is 6.89. The van der Waals surface area contributed by atoms with Gasteiger partial charge in [-0.05, 0) is 24.8 Å². The number of carbonyl (C=O) groups is 2. The quantitative estimate of drug-likeness (QED) is 0.722. The average Bonchev–Trinajstić information content (AvgIpc) is 2.57. The van der Waals surface area contributed by atoms with Crippen molar-refractivity contribution in [2.45, 2.75) is 32.2 Å². The number of halogens is 2. The monoisotopic (exact) mass is 387 g/mol. The number of amides is 2. The number of hydrogen-bond acceptors (Lipinski definition) is 4. The Bertz CT molecular complexity index is 646. The zero-order valence-electron chi connectivity index (χ0n) is 14.1. The largest absolute Gasteiger partial charge is 0.508 e. The molecule has 6 nitrogen and oxygen atoms in total. The second kappa shape index (κ2) is 8.74. The minimum atomic E-state index is -0.369. The molecule has 1 aromatic carbocycles. The highest BCUT2D eigenvalue weighted by atomic mass is 35.5. The van der Waals surface area contributed by atoms with Crippen LogP contribution in [0.5, 0.6) is 5.75 Å². The first kappa shape index (κ1) is 19.8. The molecule has 2 rings (SSSR count). The van der Waals surface area contributed by atoms with E-state index in [2.05, 4.69) is 5.32 Å². The first-order valence-corrected chi connectivity index (χ1v) is 9.01. The molecule has 1 saturated heterocycles. The van der Waals surface area contributed by atoms with Crippen molar-refractivity contribution in [3.8, 4) is 5.75 Å². The summed E-state index contributed by atoms with van der Waals surface area (Å²) in [7, 11) is 0. The molecule has 1 aliphatic heterocycles. The van der Waals surface area contributed by atoms with Crippen molar-refractivity contribution >= 4 is 35.0 Å². The Balaban J connectivity index is 1.90. The van der Waals surface area contributed by atoms with Crippen molar-refractivity contribution in [3.63, 3.8) is 0 Å². The van der Waals surface area contributed by atoms with Gasteiger partial charge >= 0.3 is 0 Å². The van der Waals surface area contributed by atoms with Crippen LogP contribution in [0, 0.1) is 5.92 Å². The molecule has 1 fully saturated rings. The third kappa shape index (κ3) is 5.23. The lowest BCUT2D eigenvalue weighted by atomic mass is 9.85. The number of nitrogens with one attached hydrogen (secondary N) is 1. The van der Waals surface area contributed by atoms with E-state index < -0.39 is 0 Å². The predicted molar refractivity (Wildman–Crippen MR) is 97.7 cm³/mol.